The number of hydrogen-bond donors (Lipinski definition) is 1. The molecule has 0 N–H and O–H groups in total. The lowest BCUT2D eigenvalue weighted by Crippen LogP contribution is -2.41. The van der Waals surface area contributed by atoms with E-state index in [1.54, 1.807) is 0 Å². The Kier molecular flexibility index (Phi) is 2.63. The smallest absolute Gasteiger partial charge is 0.385 e. The van der Waals surface area contributed by atoms with Crippen molar-refractivity contribution in [2.45, 2.75) is 13.8 Å². The van der Waals surface area contributed by atoms with Gasteiger partial charge in [0.25, 0.3) is 0 Å². The maximum atomic E-state index is 5.12. The molecule has 0 spiro atoms. The number of hydrogen-bond acceptors (Lipinski definition) is 4. The Morgan fingerprint density at radius 3 is 2.30 bits per heavy atom. The molecule has 0 aromatic heterocycles. The van der Waals surface area contributed by atoms with Gasteiger partial charge in [-0.3, -0.25) is 0 Å². The van der Waals surface area contributed by atoms with Crippen molar-refractivity contribution < 1.29 is 13.4 Å². The molecule has 0 bridgehead atoms. The third-order valence-electron chi connectivity index (χ3n) is 1.31. The molecule has 0 saturated carbocycles. The Morgan fingerprint density at radius 1 is 1.40 bits per heavy atom. The molecule has 0 radical (unpaired) electrons. The van der Waals surface area contributed by atoms with E-state index in [9.17, 15) is 0 Å². The zero-order valence-corrected chi connectivity index (χ0v) is 7.06. The quantitative estimate of drug-likeness (QED) is 0.352. The second-order valence-corrected chi connectivity index (χ2v) is 3.39. The van der Waals surface area contributed by atoms with Gasteiger partial charge in [-0.2, -0.15) is 0 Å². The van der Waals surface area contributed by atoms with Crippen LogP contribution >= 0.6 is 12.9 Å². The second kappa shape index (κ2) is 3.13. The van der Waals surface area contributed by atoms with E-state index in [1.165, 1.54) is 0 Å². The Morgan fingerprint density at radius 2 is 1.90 bits per heavy atom. The highest BCUT2D eigenvalue weighted by Crippen LogP contribution is 2.21. The van der Waals surface area contributed by atoms with Gasteiger partial charge in [0.15, 0.2) is 0 Å². The van der Waals surface area contributed by atoms with Crippen LogP contribution in [0.15, 0.2) is 0 Å². The van der Waals surface area contributed by atoms with Gasteiger partial charge in [-0.1, -0.05) is 13.8 Å². The Labute approximate surface area is 66.8 Å². The average molecular weight is 162 g/mol. The van der Waals surface area contributed by atoms with Gasteiger partial charge in [0, 0.05) is 18.6 Å². The molecule has 10 heavy (non-hydrogen) atoms. The maximum absolute atomic E-state index is 5.12. The highest BCUT2D eigenvalue weighted by Gasteiger charge is 2.33. The zero-order valence-electron chi connectivity index (χ0n) is 6.16. The minimum Gasteiger partial charge on any atom is -0.385 e. The van der Waals surface area contributed by atoms with E-state index in [0.29, 0.717) is 13.2 Å². The molecule has 0 atom stereocenters. The van der Waals surface area contributed by atoms with Crippen molar-refractivity contribution in [2.24, 2.45) is 5.41 Å². The second-order valence-electron chi connectivity index (χ2n) is 3.18. The van der Waals surface area contributed by atoms with E-state index in [2.05, 4.69) is 30.9 Å². The van der Waals surface area contributed by atoms with Crippen molar-refractivity contribution >= 4 is 20.2 Å². The van der Waals surface area contributed by atoms with Gasteiger partial charge < -0.3 is 13.4 Å². The first kappa shape index (κ1) is 8.39. The maximum Gasteiger partial charge on any atom is 0.650 e. The van der Waals surface area contributed by atoms with Gasteiger partial charge in [0.05, 0.1) is 0 Å². The Hall–Kier alpha value is 0.295. The normalized spacial score (nSPS) is 24.9. The fourth-order valence-corrected chi connectivity index (χ4v) is 0.860. The average Bonchev–Trinajstić information content (AvgIpc) is 1.88. The van der Waals surface area contributed by atoms with Gasteiger partial charge >= 0.3 is 7.32 Å². The molecular weight excluding hydrogens is 151 g/mol. The van der Waals surface area contributed by atoms with Crippen LogP contribution in [0.1, 0.15) is 13.8 Å². The minimum absolute atomic E-state index is 0.100. The summed E-state index contributed by atoms with van der Waals surface area (Å²) in [6.45, 7) is 5.44. The molecule has 1 aliphatic heterocycles. The summed E-state index contributed by atoms with van der Waals surface area (Å²) in [5.41, 5.74) is 0.100. The van der Waals surface area contributed by atoms with Crippen LogP contribution in [0.3, 0.4) is 0 Å². The van der Waals surface area contributed by atoms with Crippen LogP contribution in [0.5, 0.6) is 0 Å². The lowest BCUT2D eigenvalue weighted by Gasteiger charge is -2.31. The van der Waals surface area contributed by atoms with Crippen molar-refractivity contribution in [2.75, 3.05) is 13.2 Å². The van der Waals surface area contributed by atoms with Crippen LogP contribution in [-0.2, 0) is 13.4 Å². The summed E-state index contributed by atoms with van der Waals surface area (Å²) in [6, 6.07) is 0. The van der Waals surface area contributed by atoms with Gasteiger partial charge in [0.1, 0.15) is 0 Å². The lowest BCUT2D eigenvalue weighted by atomic mass is 9.93. The molecule has 58 valence electrons. The lowest BCUT2D eigenvalue weighted by molar-refractivity contribution is 0.00397. The molecule has 0 aromatic rings. The SMILES string of the molecule is CC1(C)COB(OS)OC1. The van der Waals surface area contributed by atoms with Gasteiger partial charge in [-0.25, -0.2) is 0 Å². The van der Waals surface area contributed by atoms with Crippen LogP contribution in [0.25, 0.3) is 0 Å². The van der Waals surface area contributed by atoms with E-state index >= 15 is 0 Å². The highest BCUT2D eigenvalue weighted by molar-refractivity contribution is 7.76. The molecule has 0 aromatic carbocycles. The molecule has 1 rings (SSSR count). The number of rotatable bonds is 1. The first-order chi connectivity index (χ1) is 4.64. The predicted molar refractivity (Wildman–Crippen MR) is 41.5 cm³/mol. The van der Waals surface area contributed by atoms with E-state index in [1.807, 2.05) is 0 Å². The molecular formula is C5H11BO3S. The van der Waals surface area contributed by atoms with E-state index in [-0.39, 0.29) is 5.41 Å². The molecule has 5 heteroatoms. The third kappa shape index (κ3) is 2.16. The largest absolute Gasteiger partial charge is 0.650 e. The summed E-state index contributed by atoms with van der Waals surface area (Å²) in [4.78, 5) is 0. The van der Waals surface area contributed by atoms with Crippen molar-refractivity contribution in [3.05, 3.63) is 0 Å². The van der Waals surface area contributed by atoms with E-state index in [4.69, 9.17) is 9.31 Å². The zero-order chi connectivity index (χ0) is 7.61. The van der Waals surface area contributed by atoms with E-state index in [0.717, 1.165) is 0 Å². The highest BCUT2D eigenvalue weighted by atomic mass is 32.1. The molecule has 0 aliphatic carbocycles. The van der Waals surface area contributed by atoms with Crippen LogP contribution in [-0.4, -0.2) is 20.5 Å². The molecule has 1 aliphatic rings. The molecule has 1 fully saturated rings. The Bertz CT molecular complexity index is 109. The minimum atomic E-state index is -0.587. The van der Waals surface area contributed by atoms with Crippen molar-refractivity contribution in [3.63, 3.8) is 0 Å². The Balaban J connectivity index is 2.31. The van der Waals surface area contributed by atoms with E-state index < -0.39 is 7.32 Å². The molecule has 1 heterocycles. The molecule has 1 saturated heterocycles. The first-order valence-corrected chi connectivity index (χ1v) is 3.54. The molecule has 0 amide bonds. The summed E-state index contributed by atoms with van der Waals surface area (Å²) >= 11 is 3.57. The van der Waals surface area contributed by atoms with Crippen LogP contribution in [0.2, 0.25) is 0 Å². The van der Waals surface area contributed by atoms with Gasteiger partial charge in [0.2, 0.25) is 0 Å². The summed E-state index contributed by atoms with van der Waals surface area (Å²) in [7, 11) is -0.587. The summed E-state index contributed by atoms with van der Waals surface area (Å²) < 4.78 is 14.8. The summed E-state index contributed by atoms with van der Waals surface area (Å²) in [5.74, 6) is 0. The number of thiol groups is 1. The van der Waals surface area contributed by atoms with Crippen LogP contribution in [0.4, 0.5) is 0 Å². The topological polar surface area (TPSA) is 27.7 Å². The van der Waals surface area contributed by atoms with Gasteiger partial charge in [-0.05, 0) is 12.9 Å². The van der Waals surface area contributed by atoms with Crippen LogP contribution < -0.4 is 0 Å². The van der Waals surface area contributed by atoms with Crippen molar-refractivity contribution in [1.82, 2.24) is 0 Å². The van der Waals surface area contributed by atoms with Crippen molar-refractivity contribution in [3.8, 4) is 0 Å². The fraction of sp³-hybridized carbons (Fsp3) is 1.00. The first-order valence-electron chi connectivity index (χ1n) is 3.17. The van der Waals surface area contributed by atoms with Crippen molar-refractivity contribution in [1.29, 1.82) is 0 Å². The van der Waals surface area contributed by atoms with Gasteiger partial charge in [-0.15, -0.1) is 0 Å². The fourth-order valence-electron chi connectivity index (χ4n) is 0.738. The molecule has 3 nitrogen and oxygen atoms in total. The van der Waals surface area contributed by atoms with Crippen LogP contribution in [0, 0.1) is 5.41 Å². The predicted octanol–water partition coefficient (Wildman–Crippen LogP) is 0.906. The molecule has 0 unspecified atom stereocenters. The summed E-state index contributed by atoms with van der Waals surface area (Å²) in [5, 5.41) is 0. The summed E-state index contributed by atoms with van der Waals surface area (Å²) in [6.07, 6.45) is 0. The third-order valence-corrected chi connectivity index (χ3v) is 1.48. The monoisotopic (exact) mass is 162 g/mol. The standard InChI is InChI=1S/C5H11BO3S/c1-5(2)3-7-6(9-10)8-4-5/h10H,3-4H2,1-2H3.